The topological polar surface area (TPSA) is 63.4 Å². The normalized spacial score (nSPS) is 15.0. The Bertz CT molecular complexity index is 510. The van der Waals surface area contributed by atoms with Crippen LogP contribution in [0.4, 0.5) is 10.1 Å². The van der Waals surface area contributed by atoms with E-state index in [1.54, 1.807) is 17.0 Å². The van der Waals surface area contributed by atoms with Crippen molar-refractivity contribution in [2.75, 3.05) is 11.4 Å². The molecule has 0 saturated heterocycles. The van der Waals surface area contributed by atoms with Crippen LogP contribution in [0.1, 0.15) is 44.9 Å². The summed E-state index contributed by atoms with van der Waals surface area (Å²) in [5.41, 5.74) is 5.79. The number of nitrogens with two attached hydrogens (primary N) is 1. The van der Waals surface area contributed by atoms with Crippen molar-refractivity contribution >= 4 is 17.5 Å². The molecule has 1 aliphatic rings. The number of hydrogen-bond acceptors (Lipinski definition) is 2. The minimum Gasteiger partial charge on any atom is -0.370 e. The molecule has 4 nitrogen and oxygen atoms in total. The van der Waals surface area contributed by atoms with Gasteiger partial charge in [0.1, 0.15) is 5.82 Å². The molecule has 1 aromatic rings. The fraction of sp³-hybridized carbons (Fsp3) is 0.529. The summed E-state index contributed by atoms with van der Waals surface area (Å²) in [5.74, 6) is -0.192. The minimum atomic E-state index is -0.448. The zero-order valence-corrected chi connectivity index (χ0v) is 12.8. The summed E-state index contributed by atoms with van der Waals surface area (Å²) < 4.78 is 13.0. The van der Waals surface area contributed by atoms with E-state index in [0.717, 1.165) is 6.42 Å². The van der Waals surface area contributed by atoms with Crippen LogP contribution in [0.3, 0.4) is 0 Å². The minimum absolute atomic E-state index is 0.0280. The Kier molecular flexibility index (Phi) is 5.92. The van der Waals surface area contributed by atoms with Crippen LogP contribution in [-0.4, -0.2) is 18.4 Å². The Labute approximate surface area is 130 Å². The highest BCUT2D eigenvalue weighted by Gasteiger charge is 2.20. The van der Waals surface area contributed by atoms with Crippen molar-refractivity contribution in [1.82, 2.24) is 0 Å². The molecule has 0 aliphatic heterocycles. The monoisotopic (exact) mass is 306 g/mol. The third kappa shape index (κ3) is 4.83. The molecular formula is C17H23FN2O2. The molecule has 2 rings (SSSR count). The first-order chi connectivity index (χ1) is 10.6. The molecule has 120 valence electrons. The summed E-state index contributed by atoms with van der Waals surface area (Å²) in [6.45, 7) is 0.241. The quantitative estimate of drug-likeness (QED) is 0.841. The number of hydrogen-bond donors (Lipinski definition) is 1. The average molecular weight is 306 g/mol. The first kappa shape index (κ1) is 16.5. The second kappa shape index (κ2) is 7.92. The number of primary amides is 1. The Morgan fingerprint density at radius 1 is 1.14 bits per heavy atom. The number of anilines is 1. The van der Waals surface area contributed by atoms with Crippen LogP contribution in [0.5, 0.6) is 0 Å². The van der Waals surface area contributed by atoms with E-state index >= 15 is 0 Å². The van der Waals surface area contributed by atoms with Gasteiger partial charge < -0.3 is 10.6 Å². The Morgan fingerprint density at radius 2 is 1.77 bits per heavy atom. The Balaban J connectivity index is 2.00. The van der Waals surface area contributed by atoms with Gasteiger partial charge in [-0.25, -0.2) is 4.39 Å². The summed E-state index contributed by atoms with van der Waals surface area (Å²) in [6.07, 6.45) is 6.35. The van der Waals surface area contributed by atoms with Gasteiger partial charge in [0, 0.05) is 25.1 Å². The number of carbonyl (C=O) groups is 2. The standard InChI is InChI=1S/C17H23FN2O2/c18-14-6-8-15(9-7-14)20(12-11-16(19)21)17(22)10-5-13-3-1-2-4-13/h6-9,13H,1-5,10-12H2,(H2,19,21). The predicted molar refractivity (Wildman–Crippen MR) is 83.8 cm³/mol. The van der Waals surface area contributed by atoms with Crippen LogP contribution >= 0.6 is 0 Å². The molecule has 0 radical (unpaired) electrons. The number of carbonyl (C=O) groups excluding carboxylic acids is 2. The van der Waals surface area contributed by atoms with Gasteiger partial charge in [-0.05, 0) is 36.6 Å². The van der Waals surface area contributed by atoms with E-state index in [-0.39, 0.29) is 24.7 Å². The van der Waals surface area contributed by atoms with Crippen molar-refractivity contribution < 1.29 is 14.0 Å². The van der Waals surface area contributed by atoms with E-state index in [1.807, 2.05) is 0 Å². The molecule has 0 bridgehead atoms. The van der Waals surface area contributed by atoms with Crippen LogP contribution in [0.15, 0.2) is 24.3 Å². The third-order valence-electron chi connectivity index (χ3n) is 4.26. The van der Waals surface area contributed by atoms with Crippen molar-refractivity contribution in [3.63, 3.8) is 0 Å². The molecule has 2 N–H and O–H groups in total. The lowest BCUT2D eigenvalue weighted by molar-refractivity contribution is -0.119. The Hall–Kier alpha value is -1.91. The van der Waals surface area contributed by atoms with Gasteiger partial charge in [-0.3, -0.25) is 9.59 Å². The highest BCUT2D eigenvalue weighted by molar-refractivity contribution is 5.94. The summed E-state index contributed by atoms with van der Waals surface area (Å²) in [7, 11) is 0. The molecule has 2 amide bonds. The zero-order valence-electron chi connectivity index (χ0n) is 12.8. The second-order valence-corrected chi connectivity index (χ2v) is 5.93. The van der Waals surface area contributed by atoms with Gasteiger partial charge in [-0.1, -0.05) is 25.7 Å². The van der Waals surface area contributed by atoms with Crippen LogP contribution in [0.2, 0.25) is 0 Å². The predicted octanol–water partition coefficient (Wildman–Crippen LogP) is 3.00. The molecule has 1 aliphatic carbocycles. The molecule has 0 spiro atoms. The highest BCUT2D eigenvalue weighted by atomic mass is 19.1. The van der Waals surface area contributed by atoms with Crippen molar-refractivity contribution in [2.24, 2.45) is 11.7 Å². The molecule has 0 aromatic heterocycles. The van der Waals surface area contributed by atoms with E-state index in [9.17, 15) is 14.0 Å². The molecule has 1 fully saturated rings. The second-order valence-electron chi connectivity index (χ2n) is 5.93. The van der Waals surface area contributed by atoms with Crippen molar-refractivity contribution in [3.8, 4) is 0 Å². The fourth-order valence-corrected chi connectivity index (χ4v) is 3.00. The van der Waals surface area contributed by atoms with Crippen LogP contribution in [0, 0.1) is 11.7 Å². The number of nitrogens with zero attached hydrogens (tertiary/aromatic N) is 1. The average Bonchev–Trinajstić information content (AvgIpc) is 3.00. The maximum atomic E-state index is 13.0. The van der Waals surface area contributed by atoms with Crippen LogP contribution in [-0.2, 0) is 9.59 Å². The molecule has 1 aromatic carbocycles. The smallest absolute Gasteiger partial charge is 0.226 e. The molecular weight excluding hydrogens is 283 g/mol. The number of amides is 2. The van der Waals surface area contributed by atoms with Gasteiger partial charge in [0.25, 0.3) is 0 Å². The highest BCUT2D eigenvalue weighted by Crippen LogP contribution is 2.29. The van der Waals surface area contributed by atoms with E-state index in [1.165, 1.54) is 37.8 Å². The Morgan fingerprint density at radius 3 is 2.36 bits per heavy atom. The van der Waals surface area contributed by atoms with Gasteiger partial charge in [0.15, 0.2) is 0 Å². The maximum absolute atomic E-state index is 13.0. The van der Waals surface area contributed by atoms with Gasteiger partial charge >= 0.3 is 0 Å². The molecule has 0 unspecified atom stereocenters. The van der Waals surface area contributed by atoms with Gasteiger partial charge in [-0.15, -0.1) is 0 Å². The van der Waals surface area contributed by atoms with E-state index in [4.69, 9.17) is 5.73 Å². The molecule has 1 saturated carbocycles. The lowest BCUT2D eigenvalue weighted by atomic mass is 10.0. The number of halogens is 1. The summed E-state index contributed by atoms with van der Waals surface area (Å²) in [6, 6.07) is 5.75. The van der Waals surface area contributed by atoms with Gasteiger partial charge in [0.05, 0.1) is 0 Å². The maximum Gasteiger partial charge on any atom is 0.226 e. The van der Waals surface area contributed by atoms with Crippen molar-refractivity contribution in [3.05, 3.63) is 30.1 Å². The largest absolute Gasteiger partial charge is 0.370 e. The first-order valence-corrected chi connectivity index (χ1v) is 7.90. The number of rotatable bonds is 7. The lowest BCUT2D eigenvalue weighted by Gasteiger charge is -2.23. The lowest BCUT2D eigenvalue weighted by Crippen LogP contribution is -2.34. The third-order valence-corrected chi connectivity index (χ3v) is 4.26. The first-order valence-electron chi connectivity index (χ1n) is 7.90. The van der Waals surface area contributed by atoms with Crippen LogP contribution in [0.25, 0.3) is 0 Å². The SMILES string of the molecule is NC(=O)CCN(C(=O)CCC1CCCC1)c1ccc(F)cc1. The van der Waals surface area contributed by atoms with Crippen molar-refractivity contribution in [2.45, 2.75) is 44.9 Å². The summed E-state index contributed by atoms with van der Waals surface area (Å²) in [5, 5.41) is 0. The summed E-state index contributed by atoms with van der Waals surface area (Å²) in [4.78, 5) is 25.0. The van der Waals surface area contributed by atoms with E-state index < -0.39 is 5.91 Å². The molecule has 5 heteroatoms. The van der Waals surface area contributed by atoms with Crippen molar-refractivity contribution in [1.29, 1.82) is 0 Å². The fourth-order valence-electron chi connectivity index (χ4n) is 3.00. The number of benzene rings is 1. The van der Waals surface area contributed by atoms with Gasteiger partial charge in [0.2, 0.25) is 11.8 Å². The molecule has 0 heterocycles. The van der Waals surface area contributed by atoms with E-state index in [2.05, 4.69) is 0 Å². The van der Waals surface area contributed by atoms with Gasteiger partial charge in [-0.2, -0.15) is 0 Å². The summed E-state index contributed by atoms with van der Waals surface area (Å²) >= 11 is 0. The van der Waals surface area contributed by atoms with Crippen LogP contribution < -0.4 is 10.6 Å². The zero-order chi connectivity index (χ0) is 15.9. The molecule has 22 heavy (non-hydrogen) atoms. The molecule has 0 atom stereocenters. The van der Waals surface area contributed by atoms with E-state index in [0.29, 0.717) is 18.0 Å².